The van der Waals surface area contributed by atoms with Crippen molar-refractivity contribution in [1.82, 2.24) is 4.98 Å². The van der Waals surface area contributed by atoms with Gasteiger partial charge < -0.3 is 14.3 Å². The summed E-state index contributed by atoms with van der Waals surface area (Å²) < 4.78 is 12.1. The third-order valence-electron chi connectivity index (χ3n) is 4.31. The zero-order valence-electron chi connectivity index (χ0n) is 12.2. The lowest BCUT2D eigenvalue weighted by Crippen LogP contribution is -2.41. The van der Waals surface area contributed by atoms with Crippen LogP contribution >= 0.6 is 0 Å². The number of benzene rings is 1. The molecule has 0 aliphatic carbocycles. The molecule has 0 bridgehead atoms. The second-order valence-corrected chi connectivity index (χ2v) is 6.22. The number of rotatable bonds is 1. The highest BCUT2D eigenvalue weighted by molar-refractivity contribution is 6.65. The van der Waals surface area contributed by atoms with Crippen LogP contribution in [-0.4, -0.2) is 23.3 Å². The maximum absolute atomic E-state index is 11.4. The summed E-state index contributed by atoms with van der Waals surface area (Å²) in [6.07, 6.45) is 0. The third-order valence-corrected chi connectivity index (χ3v) is 4.31. The molecule has 0 amide bonds. The van der Waals surface area contributed by atoms with Crippen molar-refractivity contribution >= 4 is 23.5 Å². The molecule has 5 heteroatoms. The summed E-state index contributed by atoms with van der Waals surface area (Å²) in [6.45, 7) is 8.11. The molecule has 4 nitrogen and oxygen atoms in total. The number of nitrogens with one attached hydrogen (secondary N) is 1. The fraction of sp³-hybridized carbons (Fsp3) is 0.400. The van der Waals surface area contributed by atoms with Crippen molar-refractivity contribution in [2.45, 2.75) is 38.9 Å². The van der Waals surface area contributed by atoms with Crippen LogP contribution in [0.5, 0.6) is 0 Å². The van der Waals surface area contributed by atoms with Crippen LogP contribution in [0.2, 0.25) is 0 Å². The fourth-order valence-corrected chi connectivity index (χ4v) is 2.39. The van der Waals surface area contributed by atoms with E-state index in [-0.39, 0.29) is 16.8 Å². The molecule has 0 unspecified atom stereocenters. The molecule has 1 N–H and O–H groups in total. The highest BCUT2D eigenvalue weighted by Gasteiger charge is 2.52. The summed E-state index contributed by atoms with van der Waals surface area (Å²) in [4.78, 5) is 14.2. The van der Waals surface area contributed by atoms with Crippen LogP contribution in [0.1, 0.15) is 27.7 Å². The van der Waals surface area contributed by atoms with E-state index in [0.717, 1.165) is 16.4 Å². The zero-order valence-corrected chi connectivity index (χ0v) is 12.2. The van der Waals surface area contributed by atoms with E-state index in [2.05, 4.69) is 4.98 Å². The molecule has 0 spiro atoms. The first-order chi connectivity index (χ1) is 9.30. The lowest BCUT2D eigenvalue weighted by atomic mass is 9.77. The summed E-state index contributed by atoms with van der Waals surface area (Å²) >= 11 is 0. The molecule has 2 heterocycles. The largest absolute Gasteiger partial charge is 0.495 e. The smallest absolute Gasteiger partial charge is 0.399 e. The summed E-state index contributed by atoms with van der Waals surface area (Å²) in [5.41, 5.74) is 0.884. The Kier molecular flexibility index (Phi) is 2.82. The lowest BCUT2D eigenvalue weighted by Gasteiger charge is -2.32. The highest BCUT2D eigenvalue weighted by atomic mass is 16.7. The van der Waals surface area contributed by atoms with Gasteiger partial charge >= 0.3 is 7.12 Å². The van der Waals surface area contributed by atoms with Gasteiger partial charge in [0.25, 0.3) is 0 Å². The van der Waals surface area contributed by atoms with Crippen LogP contribution in [0.3, 0.4) is 0 Å². The summed E-state index contributed by atoms with van der Waals surface area (Å²) in [7, 11) is -0.422. The van der Waals surface area contributed by atoms with Crippen molar-refractivity contribution in [1.29, 1.82) is 0 Å². The van der Waals surface area contributed by atoms with Gasteiger partial charge in [0, 0.05) is 11.6 Å². The van der Waals surface area contributed by atoms with Gasteiger partial charge in [0.15, 0.2) is 0 Å². The van der Waals surface area contributed by atoms with Crippen LogP contribution in [0.4, 0.5) is 0 Å². The predicted octanol–water partition coefficient (Wildman–Crippen LogP) is 1.83. The first-order valence-corrected chi connectivity index (χ1v) is 6.78. The molecule has 0 atom stereocenters. The molecule has 1 aliphatic rings. The summed E-state index contributed by atoms with van der Waals surface area (Å²) in [5, 5.41) is 0.950. The Bertz CT molecular complexity index is 704. The van der Waals surface area contributed by atoms with E-state index in [0.29, 0.717) is 0 Å². The Hall–Kier alpha value is -1.59. The Balaban J connectivity index is 2.11. The van der Waals surface area contributed by atoms with Crippen LogP contribution in [-0.2, 0) is 9.31 Å². The maximum atomic E-state index is 11.4. The molecule has 0 saturated carbocycles. The van der Waals surface area contributed by atoms with Crippen LogP contribution < -0.4 is 11.0 Å². The van der Waals surface area contributed by atoms with Gasteiger partial charge in [0.05, 0.1) is 11.2 Å². The van der Waals surface area contributed by atoms with Gasteiger partial charge in [-0.15, -0.1) is 0 Å². The van der Waals surface area contributed by atoms with Crippen molar-refractivity contribution in [2.24, 2.45) is 0 Å². The third kappa shape index (κ3) is 1.98. The van der Waals surface area contributed by atoms with E-state index in [9.17, 15) is 4.79 Å². The molecule has 1 aliphatic heterocycles. The SMILES string of the molecule is CC1(C)OB(c2cccc3[nH]c(=O)ccc23)OC1(C)C. The average molecular weight is 271 g/mol. The second-order valence-electron chi connectivity index (χ2n) is 6.22. The Morgan fingerprint density at radius 1 is 1.00 bits per heavy atom. The maximum Gasteiger partial charge on any atom is 0.495 e. The number of pyridine rings is 1. The molecule has 1 aromatic carbocycles. The zero-order chi connectivity index (χ0) is 14.5. The number of aromatic nitrogens is 1. The van der Waals surface area contributed by atoms with Gasteiger partial charge in [-0.05, 0) is 50.7 Å². The van der Waals surface area contributed by atoms with Crippen molar-refractivity contribution < 1.29 is 9.31 Å². The Labute approximate surface area is 118 Å². The van der Waals surface area contributed by atoms with Crippen molar-refractivity contribution in [2.75, 3.05) is 0 Å². The number of fused-ring (bicyclic) bond motifs is 1. The van der Waals surface area contributed by atoms with E-state index >= 15 is 0 Å². The van der Waals surface area contributed by atoms with E-state index < -0.39 is 7.12 Å². The van der Waals surface area contributed by atoms with Gasteiger partial charge in [0.2, 0.25) is 5.56 Å². The van der Waals surface area contributed by atoms with Crippen LogP contribution in [0.15, 0.2) is 35.1 Å². The van der Waals surface area contributed by atoms with E-state index in [1.54, 1.807) is 0 Å². The minimum Gasteiger partial charge on any atom is -0.399 e. The van der Waals surface area contributed by atoms with Crippen LogP contribution in [0, 0.1) is 0 Å². The van der Waals surface area contributed by atoms with Gasteiger partial charge in [0.1, 0.15) is 0 Å². The topological polar surface area (TPSA) is 51.3 Å². The number of H-pyrrole nitrogens is 1. The lowest BCUT2D eigenvalue weighted by molar-refractivity contribution is 0.00578. The van der Waals surface area contributed by atoms with Gasteiger partial charge in [-0.1, -0.05) is 12.1 Å². The van der Waals surface area contributed by atoms with Crippen molar-refractivity contribution in [3.8, 4) is 0 Å². The summed E-state index contributed by atoms with van der Waals surface area (Å²) in [5.74, 6) is 0. The van der Waals surface area contributed by atoms with E-state index in [1.807, 2.05) is 52.0 Å². The number of hydrogen-bond acceptors (Lipinski definition) is 3. The molecular formula is C15H18BNO3. The second kappa shape index (κ2) is 4.20. The predicted molar refractivity (Wildman–Crippen MR) is 80.3 cm³/mol. The quantitative estimate of drug-likeness (QED) is 0.805. The highest BCUT2D eigenvalue weighted by Crippen LogP contribution is 2.36. The van der Waals surface area contributed by atoms with Crippen molar-refractivity contribution in [3.05, 3.63) is 40.7 Å². The minimum atomic E-state index is -0.422. The standard InChI is InChI=1S/C15H18BNO3/c1-14(2)15(3,4)20-16(19-14)11-6-5-7-12-10(11)8-9-13(18)17-12/h5-9H,1-4H3,(H,17,18). The fourth-order valence-electron chi connectivity index (χ4n) is 2.39. The average Bonchev–Trinajstić information content (AvgIpc) is 2.57. The first-order valence-electron chi connectivity index (χ1n) is 6.78. The molecule has 20 heavy (non-hydrogen) atoms. The minimum absolute atomic E-state index is 0.108. The molecule has 2 aromatic rings. The van der Waals surface area contributed by atoms with Gasteiger partial charge in [-0.3, -0.25) is 4.79 Å². The number of hydrogen-bond donors (Lipinski definition) is 1. The molecular weight excluding hydrogens is 253 g/mol. The molecule has 1 saturated heterocycles. The first kappa shape index (κ1) is 13.4. The molecule has 1 aromatic heterocycles. The monoisotopic (exact) mass is 271 g/mol. The van der Waals surface area contributed by atoms with Crippen molar-refractivity contribution in [3.63, 3.8) is 0 Å². The Morgan fingerprint density at radius 3 is 2.30 bits per heavy atom. The van der Waals surface area contributed by atoms with Gasteiger partial charge in [-0.25, -0.2) is 0 Å². The van der Waals surface area contributed by atoms with E-state index in [1.165, 1.54) is 6.07 Å². The molecule has 104 valence electrons. The van der Waals surface area contributed by atoms with Gasteiger partial charge in [-0.2, -0.15) is 0 Å². The van der Waals surface area contributed by atoms with Crippen LogP contribution in [0.25, 0.3) is 10.9 Å². The molecule has 1 fully saturated rings. The van der Waals surface area contributed by atoms with E-state index in [4.69, 9.17) is 9.31 Å². The normalized spacial score (nSPS) is 20.5. The summed E-state index contributed by atoms with van der Waals surface area (Å²) in [6, 6.07) is 9.10. The molecule has 3 rings (SSSR count). The Morgan fingerprint density at radius 2 is 1.65 bits per heavy atom. The molecule has 0 radical (unpaired) electrons. The number of aromatic amines is 1.